The molecule has 0 aliphatic heterocycles. The predicted octanol–water partition coefficient (Wildman–Crippen LogP) is 6.69. The van der Waals surface area contributed by atoms with Gasteiger partial charge in [-0.25, -0.2) is 4.68 Å². The molecule has 29 heavy (non-hydrogen) atoms. The Bertz CT molecular complexity index is 1150. The molecule has 0 N–H and O–H groups in total. The molecule has 148 valence electrons. The van der Waals surface area contributed by atoms with Gasteiger partial charge in [0, 0.05) is 21.5 Å². The van der Waals surface area contributed by atoms with Gasteiger partial charge >= 0.3 is 0 Å². The van der Waals surface area contributed by atoms with Crippen molar-refractivity contribution in [2.24, 2.45) is 0 Å². The van der Waals surface area contributed by atoms with E-state index in [0.717, 1.165) is 33.4 Å². The van der Waals surface area contributed by atoms with Crippen molar-refractivity contribution in [1.82, 2.24) is 20.0 Å². The first-order valence-electron chi connectivity index (χ1n) is 9.46. The van der Waals surface area contributed by atoms with Crippen LogP contribution in [0.4, 0.5) is 0 Å². The lowest BCUT2D eigenvalue weighted by Gasteiger charge is -2.11. The summed E-state index contributed by atoms with van der Waals surface area (Å²) < 4.78 is 8.81. The molecule has 0 saturated carbocycles. The molecule has 2 aromatic heterocycles. The molecule has 5 nitrogen and oxygen atoms in total. The fourth-order valence-corrected chi connectivity index (χ4v) is 3.70. The van der Waals surface area contributed by atoms with E-state index in [0.29, 0.717) is 22.5 Å². The Labute approximate surface area is 182 Å². The standard InChI is InChI=1S/C22H20BrClN4O/c1-4-16-19(22-26-25-21(29-22)13(2)3)27-28(18-8-6-5-7-17(18)24)20(16)14-9-11-15(23)12-10-14/h5-13H,4H2,1-3H3. The monoisotopic (exact) mass is 470 g/mol. The molecule has 0 spiro atoms. The highest BCUT2D eigenvalue weighted by molar-refractivity contribution is 9.10. The second kappa shape index (κ2) is 8.13. The fraction of sp³-hybridized carbons (Fsp3) is 0.227. The second-order valence-electron chi connectivity index (χ2n) is 7.00. The van der Waals surface area contributed by atoms with E-state index in [2.05, 4.69) is 45.2 Å². The van der Waals surface area contributed by atoms with Crippen LogP contribution >= 0.6 is 27.5 Å². The molecule has 4 aromatic rings. The zero-order chi connectivity index (χ0) is 20.5. The number of para-hydroxylation sites is 1. The summed E-state index contributed by atoms with van der Waals surface area (Å²) in [6.07, 6.45) is 0.755. The Morgan fingerprint density at radius 1 is 1.07 bits per heavy atom. The van der Waals surface area contributed by atoms with E-state index in [9.17, 15) is 0 Å². The number of nitrogens with zero attached hydrogens (tertiary/aromatic N) is 4. The molecular formula is C22H20BrClN4O. The summed E-state index contributed by atoms with van der Waals surface area (Å²) in [6.45, 7) is 6.14. The summed E-state index contributed by atoms with van der Waals surface area (Å²) >= 11 is 10.0. The highest BCUT2D eigenvalue weighted by Crippen LogP contribution is 2.36. The topological polar surface area (TPSA) is 56.7 Å². The Kier molecular flexibility index (Phi) is 5.56. The minimum atomic E-state index is 0.151. The first kappa shape index (κ1) is 19.9. The van der Waals surface area contributed by atoms with Crippen molar-refractivity contribution in [2.45, 2.75) is 33.1 Å². The third-order valence-electron chi connectivity index (χ3n) is 4.67. The van der Waals surface area contributed by atoms with Gasteiger partial charge in [-0.15, -0.1) is 10.2 Å². The van der Waals surface area contributed by atoms with Crippen LogP contribution in [0.25, 0.3) is 28.5 Å². The Morgan fingerprint density at radius 3 is 2.41 bits per heavy atom. The second-order valence-corrected chi connectivity index (χ2v) is 8.32. The highest BCUT2D eigenvalue weighted by atomic mass is 79.9. The third-order valence-corrected chi connectivity index (χ3v) is 5.52. The molecule has 0 unspecified atom stereocenters. The van der Waals surface area contributed by atoms with Gasteiger partial charge in [-0.1, -0.05) is 72.6 Å². The summed E-state index contributed by atoms with van der Waals surface area (Å²) in [7, 11) is 0. The smallest absolute Gasteiger partial charge is 0.268 e. The van der Waals surface area contributed by atoms with Gasteiger partial charge in [0.1, 0.15) is 0 Å². The van der Waals surface area contributed by atoms with Gasteiger partial charge in [-0.2, -0.15) is 5.10 Å². The molecule has 0 radical (unpaired) electrons. The maximum Gasteiger partial charge on any atom is 0.268 e. The molecule has 2 heterocycles. The van der Waals surface area contributed by atoms with Crippen molar-refractivity contribution in [3.63, 3.8) is 0 Å². The number of halogens is 2. The van der Waals surface area contributed by atoms with Gasteiger partial charge in [-0.05, 0) is 30.7 Å². The number of hydrogen-bond acceptors (Lipinski definition) is 4. The van der Waals surface area contributed by atoms with Crippen molar-refractivity contribution < 1.29 is 4.42 Å². The van der Waals surface area contributed by atoms with Gasteiger partial charge in [0.05, 0.1) is 16.4 Å². The lowest BCUT2D eigenvalue weighted by Crippen LogP contribution is -2.00. The summed E-state index contributed by atoms with van der Waals surface area (Å²) in [5, 5.41) is 13.9. The van der Waals surface area contributed by atoms with E-state index in [-0.39, 0.29) is 5.92 Å². The number of aromatic nitrogens is 4. The Morgan fingerprint density at radius 2 is 1.79 bits per heavy atom. The van der Waals surface area contributed by atoms with Crippen molar-refractivity contribution in [2.75, 3.05) is 0 Å². The zero-order valence-corrected chi connectivity index (χ0v) is 18.7. The number of hydrogen-bond donors (Lipinski definition) is 0. The van der Waals surface area contributed by atoms with E-state index < -0.39 is 0 Å². The van der Waals surface area contributed by atoms with E-state index in [1.807, 2.05) is 54.9 Å². The Balaban J connectivity index is 1.99. The van der Waals surface area contributed by atoms with Crippen LogP contribution in [0.1, 0.15) is 38.1 Å². The third kappa shape index (κ3) is 3.74. The maximum absolute atomic E-state index is 6.52. The molecule has 2 aromatic carbocycles. The van der Waals surface area contributed by atoms with Crippen LogP contribution in [0, 0.1) is 0 Å². The van der Waals surface area contributed by atoms with Crippen molar-refractivity contribution >= 4 is 27.5 Å². The van der Waals surface area contributed by atoms with E-state index >= 15 is 0 Å². The normalized spacial score (nSPS) is 11.4. The lowest BCUT2D eigenvalue weighted by molar-refractivity contribution is 0.479. The van der Waals surface area contributed by atoms with Crippen LogP contribution in [-0.4, -0.2) is 20.0 Å². The first-order chi connectivity index (χ1) is 14.0. The minimum absolute atomic E-state index is 0.151. The number of rotatable bonds is 5. The molecule has 0 saturated heterocycles. The molecule has 0 amide bonds. The van der Waals surface area contributed by atoms with Crippen LogP contribution in [0.15, 0.2) is 57.4 Å². The lowest BCUT2D eigenvalue weighted by atomic mass is 10.0. The molecule has 0 atom stereocenters. The average Bonchev–Trinajstić information content (AvgIpc) is 3.34. The predicted molar refractivity (Wildman–Crippen MR) is 118 cm³/mol. The summed E-state index contributed by atoms with van der Waals surface area (Å²) in [5.41, 5.74) is 4.52. The summed E-state index contributed by atoms with van der Waals surface area (Å²) in [6, 6.07) is 15.8. The zero-order valence-electron chi connectivity index (χ0n) is 16.4. The summed E-state index contributed by atoms with van der Waals surface area (Å²) in [5.74, 6) is 1.17. The van der Waals surface area contributed by atoms with Gasteiger partial charge in [0.2, 0.25) is 5.89 Å². The molecule has 0 fully saturated rings. The van der Waals surface area contributed by atoms with Crippen molar-refractivity contribution in [3.8, 4) is 28.5 Å². The molecular weight excluding hydrogens is 452 g/mol. The SMILES string of the molecule is CCc1c(-c2nnc(C(C)C)o2)nn(-c2ccccc2Cl)c1-c1ccc(Br)cc1. The van der Waals surface area contributed by atoms with Gasteiger partial charge in [-0.3, -0.25) is 0 Å². The van der Waals surface area contributed by atoms with Crippen molar-refractivity contribution in [3.05, 3.63) is 69.5 Å². The van der Waals surface area contributed by atoms with E-state index in [1.165, 1.54) is 0 Å². The van der Waals surface area contributed by atoms with E-state index in [1.54, 1.807) is 0 Å². The van der Waals surface area contributed by atoms with Crippen LogP contribution in [0.2, 0.25) is 5.02 Å². The maximum atomic E-state index is 6.52. The quantitative estimate of drug-likeness (QED) is 0.325. The van der Waals surface area contributed by atoms with Crippen molar-refractivity contribution in [1.29, 1.82) is 0 Å². The van der Waals surface area contributed by atoms with Crippen LogP contribution in [0.5, 0.6) is 0 Å². The Hall–Kier alpha value is -2.44. The average molecular weight is 472 g/mol. The van der Waals surface area contributed by atoms with Gasteiger partial charge in [0.25, 0.3) is 5.89 Å². The molecule has 7 heteroatoms. The minimum Gasteiger partial charge on any atom is -0.419 e. The van der Waals surface area contributed by atoms with Crippen LogP contribution in [-0.2, 0) is 6.42 Å². The summed E-state index contributed by atoms with van der Waals surface area (Å²) in [4.78, 5) is 0. The van der Waals surface area contributed by atoms with Crippen LogP contribution < -0.4 is 0 Å². The fourth-order valence-electron chi connectivity index (χ4n) is 3.22. The van der Waals surface area contributed by atoms with Gasteiger partial charge in [0.15, 0.2) is 5.69 Å². The first-order valence-corrected chi connectivity index (χ1v) is 10.6. The van der Waals surface area contributed by atoms with Gasteiger partial charge < -0.3 is 4.42 Å². The molecule has 0 aliphatic carbocycles. The molecule has 4 rings (SSSR count). The molecule has 0 aliphatic rings. The highest BCUT2D eigenvalue weighted by Gasteiger charge is 2.25. The van der Waals surface area contributed by atoms with E-state index in [4.69, 9.17) is 21.1 Å². The molecule has 0 bridgehead atoms. The van der Waals surface area contributed by atoms with Crippen LogP contribution in [0.3, 0.4) is 0 Å². The number of benzene rings is 2. The largest absolute Gasteiger partial charge is 0.419 e.